The minimum atomic E-state index is -3.16. The van der Waals surface area contributed by atoms with E-state index < -0.39 is 6.72 Å². The molecule has 22 heavy (non-hydrogen) atoms. The summed E-state index contributed by atoms with van der Waals surface area (Å²) >= 11 is 8.27. The van der Waals surface area contributed by atoms with Crippen LogP contribution in [-0.2, 0) is 25.6 Å². The Morgan fingerprint density at radius 3 is 3.09 bits per heavy atom. The molecular formula is C10H11BrN5O4PS. The number of ether oxygens (including phenoxy) is 1. The number of hydrogen-bond donors (Lipinski definition) is 2. The minimum Gasteiger partial charge on any atom is -0.382 e. The second-order valence-electron chi connectivity index (χ2n) is 4.96. The van der Waals surface area contributed by atoms with Crippen LogP contribution in [0.15, 0.2) is 11.1 Å². The smallest absolute Gasteiger partial charge is 0.324 e. The van der Waals surface area contributed by atoms with Crippen molar-refractivity contribution in [2.24, 2.45) is 0 Å². The Balaban J connectivity index is 1.71. The molecule has 0 saturated carbocycles. The maximum absolute atomic E-state index is 9.76. The van der Waals surface area contributed by atoms with Gasteiger partial charge in [-0.05, 0) is 27.7 Å². The maximum atomic E-state index is 9.76. The number of nitrogen functional groups attached to an aromatic ring is 1. The van der Waals surface area contributed by atoms with Crippen LogP contribution in [-0.4, -0.2) is 43.2 Å². The number of halogens is 1. The molecule has 3 N–H and O–H groups in total. The van der Waals surface area contributed by atoms with Crippen molar-refractivity contribution >= 4 is 51.4 Å². The average Bonchev–Trinajstić information content (AvgIpc) is 2.98. The first-order chi connectivity index (χ1) is 10.4. The van der Waals surface area contributed by atoms with Gasteiger partial charge in [0.1, 0.15) is 18.7 Å². The van der Waals surface area contributed by atoms with E-state index >= 15 is 0 Å². The second-order valence-corrected chi connectivity index (χ2v) is 8.45. The lowest BCUT2D eigenvalue weighted by Crippen LogP contribution is -2.32. The second kappa shape index (κ2) is 5.17. The topological polar surface area (TPSA) is 118 Å². The summed E-state index contributed by atoms with van der Waals surface area (Å²) < 4.78 is 18.8. The molecule has 0 bridgehead atoms. The highest BCUT2D eigenvalue weighted by Gasteiger charge is 2.45. The third-order valence-corrected chi connectivity index (χ3v) is 5.75. The predicted octanol–water partition coefficient (Wildman–Crippen LogP) is 1.09. The fourth-order valence-electron chi connectivity index (χ4n) is 2.64. The highest BCUT2D eigenvalue weighted by Crippen LogP contribution is 2.53. The fourth-order valence-corrected chi connectivity index (χ4v) is 4.69. The molecule has 0 aromatic carbocycles. The molecule has 4 rings (SSSR count). The van der Waals surface area contributed by atoms with Crippen molar-refractivity contribution in [1.29, 1.82) is 0 Å². The van der Waals surface area contributed by atoms with E-state index in [-0.39, 0.29) is 25.0 Å². The quantitative estimate of drug-likeness (QED) is 0.528. The highest BCUT2D eigenvalue weighted by molar-refractivity contribution is 9.10. The third kappa shape index (κ3) is 2.37. The van der Waals surface area contributed by atoms with E-state index in [9.17, 15) is 4.89 Å². The van der Waals surface area contributed by atoms with Crippen molar-refractivity contribution in [2.45, 2.75) is 24.9 Å². The van der Waals surface area contributed by atoms with Crippen molar-refractivity contribution < 1.29 is 18.7 Å². The summed E-state index contributed by atoms with van der Waals surface area (Å²) in [5, 5.41) is 0. The van der Waals surface area contributed by atoms with Gasteiger partial charge in [-0.25, -0.2) is 15.0 Å². The van der Waals surface area contributed by atoms with Crippen LogP contribution in [0.25, 0.3) is 11.2 Å². The van der Waals surface area contributed by atoms with Gasteiger partial charge < -0.3 is 24.4 Å². The van der Waals surface area contributed by atoms with E-state index in [2.05, 4.69) is 30.9 Å². The zero-order valence-electron chi connectivity index (χ0n) is 11.0. The monoisotopic (exact) mass is 407 g/mol. The summed E-state index contributed by atoms with van der Waals surface area (Å²) in [5.41, 5.74) is 6.87. The van der Waals surface area contributed by atoms with Crippen LogP contribution in [0.2, 0.25) is 0 Å². The summed E-state index contributed by atoms with van der Waals surface area (Å²) in [5.74, 6) is 0.297. The molecule has 2 fully saturated rings. The first-order valence-corrected chi connectivity index (χ1v) is 9.78. The van der Waals surface area contributed by atoms with E-state index in [0.29, 0.717) is 28.1 Å². The van der Waals surface area contributed by atoms with E-state index in [1.54, 1.807) is 4.57 Å². The lowest BCUT2D eigenvalue weighted by Gasteiger charge is -2.29. The van der Waals surface area contributed by atoms with E-state index in [1.807, 2.05) is 0 Å². The van der Waals surface area contributed by atoms with E-state index in [4.69, 9.17) is 31.3 Å². The largest absolute Gasteiger partial charge is 0.382 e. The molecule has 2 aromatic rings. The lowest BCUT2D eigenvalue weighted by atomic mass is 10.2. The molecule has 9 nitrogen and oxygen atoms in total. The molecule has 4 heterocycles. The van der Waals surface area contributed by atoms with Crippen molar-refractivity contribution in [3.63, 3.8) is 0 Å². The normalized spacial score (nSPS) is 34.9. The molecule has 2 aliphatic rings. The SMILES string of the molecule is Nc1ncnc2c1nc(Br)n2[C@H]1C[C@H]2OP(O)(=S)OC[C@@H]2O1. The molecule has 0 aliphatic carbocycles. The van der Waals surface area contributed by atoms with Crippen LogP contribution in [0.3, 0.4) is 0 Å². The standard InChI is InChI=1S/C10H11BrN5O4PS/c11-10-15-7-8(12)13-3-14-9(7)16(10)6-1-4-5(19-6)2-18-21(17,22)20-4/h3-6H,1-2H2,(H,17,22)(H2,12,13,14)/t4-,5+,6-,21?/m1/s1. The molecule has 0 spiro atoms. The zero-order valence-corrected chi connectivity index (χ0v) is 14.3. The van der Waals surface area contributed by atoms with Gasteiger partial charge in [-0.15, -0.1) is 0 Å². The van der Waals surface area contributed by atoms with E-state index in [0.717, 1.165) is 0 Å². The van der Waals surface area contributed by atoms with Gasteiger partial charge in [0.15, 0.2) is 21.7 Å². The summed E-state index contributed by atoms with van der Waals surface area (Å²) in [7, 11) is 0. The van der Waals surface area contributed by atoms with Crippen LogP contribution in [0, 0.1) is 0 Å². The zero-order chi connectivity index (χ0) is 15.5. The molecule has 0 radical (unpaired) electrons. The number of hydrogen-bond acceptors (Lipinski definition) is 8. The Morgan fingerprint density at radius 1 is 1.45 bits per heavy atom. The number of nitrogens with zero attached hydrogens (tertiary/aromatic N) is 4. The van der Waals surface area contributed by atoms with Gasteiger partial charge in [0.05, 0.1) is 12.7 Å². The van der Waals surface area contributed by atoms with Crippen LogP contribution in [0.1, 0.15) is 12.6 Å². The van der Waals surface area contributed by atoms with Crippen LogP contribution in [0.4, 0.5) is 5.82 Å². The van der Waals surface area contributed by atoms with Gasteiger partial charge in [-0.1, -0.05) is 0 Å². The summed E-state index contributed by atoms with van der Waals surface area (Å²) in [4.78, 5) is 22.2. The molecule has 2 saturated heterocycles. The molecule has 1 unspecified atom stereocenters. The van der Waals surface area contributed by atoms with Crippen LogP contribution < -0.4 is 5.73 Å². The number of nitrogens with two attached hydrogens (primary N) is 1. The predicted molar refractivity (Wildman–Crippen MR) is 83.3 cm³/mol. The van der Waals surface area contributed by atoms with Crippen molar-refractivity contribution in [1.82, 2.24) is 19.5 Å². The first kappa shape index (κ1) is 14.9. The maximum Gasteiger partial charge on any atom is 0.324 e. The molecule has 2 aliphatic heterocycles. The Bertz CT molecular complexity index is 803. The van der Waals surface area contributed by atoms with Crippen molar-refractivity contribution in [2.75, 3.05) is 12.3 Å². The summed E-state index contributed by atoms with van der Waals surface area (Å²) in [6, 6.07) is 0. The van der Waals surface area contributed by atoms with Gasteiger partial charge in [0.25, 0.3) is 0 Å². The van der Waals surface area contributed by atoms with Crippen molar-refractivity contribution in [3.8, 4) is 0 Å². The molecule has 2 aromatic heterocycles. The van der Waals surface area contributed by atoms with Gasteiger partial charge in [0, 0.05) is 6.42 Å². The van der Waals surface area contributed by atoms with Crippen LogP contribution in [0.5, 0.6) is 0 Å². The molecule has 4 atom stereocenters. The van der Waals surface area contributed by atoms with Gasteiger partial charge in [-0.3, -0.25) is 4.57 Å². The minimum absolute atomic E-state index is 0.205. The third-order valence-electron chi connectivity index (χ3n) is 3.60. The Morgan fingerprint density at radius 2 is 2.27 bits per heavy atom. The molecule has 0 amide bonds. The fraction of sp³-hybridized carbons (Fsp3) is 0.500. The molecule has 118 valence electrons. The Kier molecular flexibility index (Phi) is 3.49. The summed E-state index contributed by atoms with van der Waals surface area (Å²) in [6.45, 7) is -2.95. The van der Waals surface area contributed by atoms with Crippen LogP contribution >= 0.6 is 22.6 Å². The number of rotatable bonds is 1. The highest BCUT2D eigenvalue weighted by atomic mass is 79.9. The number of aromatic nitrogens is 4. The number of fused-ring (bicyclic) bond motifs is 2. The number of imidazole rings is 1. The van der Waals surface area contributed by atoms with Gasteiger partial charge in [0.2, 0.25) is 0 Å². The molecule has 12 heteroatoms. The lowest BCUT2D eigenvalue weighted by molar-refractivity contribution is -0.0583. The Labute approximate surface area is 138 Å². The average molecular weight is 408 g/mol. The summed E-state index contributed by atoms with van der Waals surface area (Å²) in [6.07, 6.45) is 0.883. The van der Waals surface area contributed by atoms with Gasteiger partial charge in [-0.2, -0.15) is 0 Å². The van der Waals surface area contributed by atoms with Crippen molar-refractivity contribution in [3.05, 3.63) is 11.1 Å². The van der Waals surface area contributed by atoms with Gasteiger partial charge >= 0.3 is 6.72 Å². The first-order valence-electron chi connectivity index (χ1n) is 6.40. The number of anilines is 1. The Hall–Kier alpha value is -0.680. The van der Waals surface area contributed by atoms with E-state index in [1.165, 1.54) is 6.33 Å². The molecular weight excluding hydrogens is 397 g/mol.